The second-order valence-electron chi connectivity index (χ2n) is 5.46. The third kappa shape index (κ3) is 3.05. The number of aryl methyl sites for hydroxylation is 1. The fourth-order valence-electron chi connectivity index (χ4n) is 2.73. The summed E-state index contributed by atoms with van der Waals surface area (Å²) in [6, 6.07) is 4.75. The minimum atomic E-state index is -0.414. The number of carbonyl (C=O) groups is 1. The van der Waals surface area contributed by atoms with Crippen molar-refractivity contribution in [3.8, 4) is 0 Å². The molecule has 2 heterocycles. The van der Waals surface area contributed by atoms with Gasteiger partial charge in [0.05, 0.1) is 11.6 Å². The number of aliphatic hydroxyl groups excluding tert-OH is 1. The van der Waals surface area contributed by atoms with Crippen LogP contribution in [0.2, 0.25) is 0 Å². The lowest BCUT2D eigenvalue weighted by Crippen LogP contribution is -2.42. The standard InChI is InChI=1S/C15H18FN3O2/c16-11-4-1-5-12-15(11)18-13(17-12)6-7-14(21)19-8-2-3-10(20)9-19/h1,4-5,10,20H,2-3,6-9H2,(H,17,18). The molecule has 1 aliphatic heterocycles. The highest BCUT2D eigenvalue weighted by Gasteiger charge is 2.22. The monoisotopic (exact) mass is 291 g/mol. The molecule has 1 aliphatic rings. The Morgan fingerprint density at radius 2 is 2.38 bits per heavy atom. The highest BCUT2D eigenvalue weighted by molar-refractivity contribution is 5.77. The number of aromatic nitrogens is 2. The zero-order valence-electron chi connectivity index (χ0n) is 11.7. The van der Waals surface area contributed by atoms with Crippen LogP contribution < -0.4 is 0 Å². The fourth-order valence-corrected chi connectivity index (χ4v) is 2.73. The van der Waals surface area contributed by atoms with E-state index in [0.29, 0.717) is 42.8 Å². The second-order valence-corrected chi connectivity index (χ2v) is 5.46. The number of hydrogen-bond acceptors (Lipinski definition) is 3. The lowest BCUT2D eigenvalue weighted by Gasteiger charge is -2.30. The number of piperidine rings is 1. The number of β-amino-alcohol motifs (C(OH)–C–C–N with tert-alkyl or cyclic N) is 1. The van der Waals surface area contributed by atoms with Crippen molar-refractivity contribution in [3.63, 3.8) is 0 Å². The van der Waals surface area contributed by atoms with Gasteiger partial charge in [-0.1, -0.05) is 6.07 Å². The van der Waals surface area contributed by atoms with Gasteiger partial charge in [-0.25, -0.2) is 9.37 Å². The largest absolute Gasteiger partial charge is 0.391 e. The number of nitrogens with zero attached hydrogens (tertiary/aromatic N) is 2. The predicted octanol–water partition coefficient (Wildman–Crippen LogP) is 1.62. The summed E-state index contributed by atoms with van der Waals surface area (Å²) < 4.78 is 13.5. The van der Waals surface area contributed by atoms with E-state index in [-0.39, 0.29) is 11.7 Å². The number of carbonyl (C=O) groups excluding carboxylic acids is 1. The Morgan fingerprint density at radius 3 is 3.14 bits per heavy atom. The molecule has 21 heavy (non-hydrogen) atoms. The van der Waals surface area contributed by atoms with Gasteiger partial charge in [-0.15, -0.1) is 0 Å². The van der Waals surface area contributed by atoms with Crippen LogP contribution in [-0.2, 0) is 11.2 Å². The van der Waals surface area contributed by atoms with Crippen LogP contribution >= 0.6 is 0 Å². The number of benzene rings is 1. The molecular weight excluding hydrogens is 273 g/mol. The number of rotatable bonds is 3. The van der Waals surface area contributed by atoms with Crippen LogP contribution in [0.5, 0.6) is 0 Å². The SMILES string of the molecule is O=C(CCc1nc2c(F)cccc2[nH]1)N1CCCC(O)C1. The normalized spacial score (nSPS) is 19.1. The summed E-state index contributed by atoms with van der Waals surface area (Å²) in [6.45, 7) is 1.11. The van der Waals surface area contributed by atoms with E-state index in [1.165, 1.54) is 6.07 Å². The number of aliphatic hydroxyl groups is 1. The summed E-state index contributed by atoms with van der Waals surface area (Å²) in [5, 5.41) is 9.59. The quantitative estimate of drug-likeness (QED) is 0.903. The highest BCUT2D eigenvalue weighted by Crippen LogP contribution is 2.16. The van der Waals surface area contributed by atoms with Crippen molar-refractivity contribution < 1.29 is 14.3 Å². The van der Waals surface area contributed by atoms with Crippen molar-refractivity contribution >= 4 is 16.9 Å². The first-order valence-electron chi connectivity index (χ1n) is 7.22. The molecule has 1 aromatic heterocycles. The number of halogens is 1. The molecule has 3 rings (SSSR count). The van der Waals surface area contributed by atoms with Gasteiger partial charge in [0.15, 0.2) is 5.82 Å². The van der Waals surface area contributed by atoms with Gasteiger partial charge in [0.25, 0.3) is 0 Å². The molecule has 2 aromatic rings. The average molecular weight is 291 g/mol. The van der Waals surface area contributed by atoms with E-state index in [9.17, 15) is 14.3 Å². The molecule has 1 amide bonds. The van der Waals surface area contributed by atoms with E-state index in [1.54, 1.807) is 17.0 Å². The van der Waals surface area contributed by atoms with Crippen LogP contribution in [0.4, 0.5) is 4.39 Å². The van der Waals surface area contributed by atoms with E-state index in [2.05, 4.69) is 9.97 Å². The first-order chi connectivity index (χ1) is 10.1. The van der Waals surface area contributed by atoms with Crippen LogP contribution in [-0.4, -0.2) is 45.1 Å². The Labute approximate surface area is 121 Å². The van der Waals surface area contributed by atoms with Gasteiger partial charge in [0, 0.05) is 25.9 Å². The Balaban J connectivity index is 1.63. The van der Waals surface area contributed by atoms with Gasteiger partial charge in [0.2, 0.25) is 5.91 Å². The molecule has 0 aliphatic carbocycles. The molecule has 5 nitrogen and oxygen atoms in total. The van der Waals surface area contributed by atoms with Crippen LogP contribution in [0, 0.1) is 5.82 Å². The first-order valence-corrected chi connectivity index (χ1v) is 7.22. The van der Waals surface area contributed by atoms with Crippen molar-refractivity contribution in [2.24, 2.45) is 0 Å². The van der Waals surface area contributed by atoms with E-state index in [1.807, 2.05) is 0 Å². The molecule has 0 saturated carbocycles. The van der Waals surface area contributed by atoms with Crippen molar-refractivity contribution in [2.45, 2.75) is 31.8 Å². The van der Waals surface area contributed by atoms with E-state index in [0.717, 1.165) is 12.8 Å². The van der Waals surface area contributed by atoms with Crippen LogP contribution in [0.25, 0.3) is 11.0 Å². The molecule has 0 spiro atoms. The Hall–Kier alpha value is -1.95. The molecular formula is C15H18FN3O2. The Bertz CT molecular complexity index is 655. The lowest BCUT2D eigenvalue weighted by molar-refractivity contribution is -0.134. The predicted molar refractivity (Wildman–Crippen MR) is 76.2 cm³/mol. The summed E-state index contributed by atoms with van der Waals surface area (Å²) in [5.41, 5.74) is 0.958. The number of hydrogen-bond donors (Lipinski definition) is 2. The molecule has 1 aromatic carbocycles. The molecule has 0 bridgehead atoms. The fraction of sp³-hybridized carbons (Fsp3) is 0.467. The van der Waals surface area contributed by atoms with E-state index in [4.69, 9.17) is 0 Å². The number of aromatic amines is 1. The molecule has 6 heteroatoms. The minimum Gasteiger partial charge on any atom is -0.391 e. The number of H-pyrrole nitrogens is 1. The molecule has 1 saturated heterocycles. The van der Waals surface area contributed by atoms with Gasteiger partial charge < -0.3 is 15.0 Å². The van der Waals surface area contributed by atoms with Crippen molar-refractivity contribution in [1.29, 1.82) is 0 Å². The number of nitrogens with one attached hydrogen (secondary N) is 1. The number of likely N-dealkylation sites (tertiary alicyclic amines) is 1. The summed E-state index contributed by atoms with van der Waals surface area (Å²) in [7, 11) is 0. The summed E-state index contributed by atoms with van der Waals surface area (Å²) >= 11 is 0. The van der Waals surface area contributed by atoms with Crippen molar-refractivity contribution in [2.75, 3.05) is 13.1 Å². The van der Waals surface area contributed by atoms with Crippen LogP contribution in [0.1, 0.15) is 25.1 Å². The van der Waals surface area contributed by atoms with Crippen molar-refractivity contribution in [1.82, 2.24) is 14.9 Å². The number of imidazole rings is 1. The average Bonchev–Trinajstić information content (AvgIpc) is 2.89. The van der Waals surface area contributed by atoms with E-state index < -0.39 is 6.10 Å². The Kier molecular flexibility index (Phi) is 3.88. The number of amides is 1. The van der Waals surface area contributed by atoms with Gasteiger partial charge in [-0.3, -0.25) is 4.79 Å². The van der Waals surface area contributed by atoms with Gasteiger partial charge in [-0.2, -0.15) is 0 Å². The third-order valence-corrected chi connectivity index (χ3v) is 3.84. The lowest BCUT2D eigenvalue weighted by atomic mass is 10.1. The minimum absolute atomic E-state index is 0.00896. The maximum atomic E-state index is 13.5. The molecule has 1 unspecified atom stereocenters. The topological polar surface area (TPSA) is 69.2 Å². The first kappa shape index (κ1) is 14.0. The maximum absolute atomic E-state index is 13.5. The molecule has 1 fully saturated rings. The zero-order valence-corrected chi connectivity index (χ0v) is 11.7. The van der Waals surface area contributed by atoms with Gasteiger partial charge in [-0.05, 0) is 25.0 Å². The smallest absolute Gasteiger partial charge is 0.223 e. The molecule has 2 N–H and O–H groups in total. The second kappa shape index (κ2) is 5.81. The van der Waals surface area contributed by atoms with Crippen molar-refractivity contribution in [3.05, 3.63) is 29.8 Å². The summed E-state index contributed by atoms with van der Waals surface area (Å²) in [4.78, 5) is 21.0. The summed E-state index contributed by atoms with van der Waals surface area (Å²) in [6.07, 6.45) is 1.94. The zero-order chi connectivity index (χ0) is 14.8. The Morgan fingerprint density at radius 1 is 1.52 bits per heavy atom. The number of para-hydroxylation sites is 1. The third-order valence-electron chi connectivity index (χ3n) is 3.84. The number of fused-ring (bicyclic) bond motifs is 1. The summed E-state index contributed by atoms with van der Waals surface area (Å²) in [5.74, 6) is 0.260. The van der Waals surface area contributed by atoms with E-state index >= 15 is 0 Å². The highest BCUT2D eigenvalue weighted by atomic mass is 19.1. The van der Waals surface area contributed by atoms with Gasteiger partial charge in [0.1, 0.15) is 11.3 Å². The maximum Gasteiger partial charge on any atom is 0.223 e. The molecule has 0 radical (unpaired) electrons. The van der Waals surface area contributed by atoms with Crippen LogP contribution in [0.3, 0.4) is 0 Å². The van der Waals surface area contributed by atoms with Crippen LogP contribution in [0.15, 0.2) is 18.2 Å². The van der Waals surface area contributed by atoms with Gasteiger partial charge >= 0.3 is 0 Å². The molecule has 1 atom stereocenters. The molecule has 112 valence electrons.